The van der Waals surface area contributed by atoms with Crippen molar-refractivity contribution in [3.05, 3.63) is 53.1 Å². The average molecular weight is 668 g/mol. The van der Waals surface area contributed by atoms with E-state index in [4.69, 9.17) is 4.74 Å². The van der Waals surface area contributed by atoms with Crippen LogP contribution in [0.3, 0.4) is 0 Å². The molecule has 47 heavy (non-hydrogen) atoms. The Kier molecular flexibility index (Phi) is 11.1. The molecular formula is C35H49N5O6S. The molecule has 2 saturated heterocycles. The number of hydrogen-bond acceptors (Lipinski definition) is 9. The van der Waals surface area contributed by atoms with Crippen LogP contribution in [0.4, 0.5) is 16.2 Å². The van der Waals surface area contributed by atoms with Crippen LogP contribution in [0.15, 0.2) is 36.4 Å². The van der Waals surface area contributed by atoms with Crippen LogP contribution < -0.4 is 15.5 Å². The Morgan fingerprint density at radius 1 is 1.00 bits per heavy atom. The summed E-state index contributed by atoms with van der Waals surface area (Å²) in [6, 6.07) is 11.1. The molecule has 2 atom stereocenters. The molecule has 0 radical (unpaired) electrons. The minimum Gasteiger partial charge on any atom is -0.508 e. The Hall–Kier alpha value is -3.64. The topological polar surface area (TPSA) is 135 Å². The number of rotatable bonds is 7. The number of carbonyl (C=O) groups excluding carboxylic acids is 3. The van der Waals surface area contributed by atoms with E-state index >= 15 is 0 Å². The number of phenols is 1. The van der Waals surface area contributed by atoms with Gasteiger partial charge in [0.05, 0.1) is 17.9 Å². The Morgan fingerprint density at radius 2 is 1.72 bits per heavy atom. The minimum atomic E-state index is -0.969. The molecule has 0 spiro atoms. The summed E-state index contributed by atoms with van der Waals surface area (Å²) in [5, 5.41) is 27.6. The van der Waals surface area contributed by atoms with Crippen LogP contribution >= 0.6 is 11.9 Å². The molecule has 256 valence electrons. The van der Waals surface area contributed by atoms with Gasteiger partial charge in [-0.15, -0.1) is 0 Å². The fourth-order valence-electron chi connectivity index (χ4n) is 6.36. The zero-order valence-electron chi connectivity index (χ0n) is 28.0. The molecule has 0 bridgehead atoms. The van der Waals surface area contributed by atoms with Gasteiger partial charge in [-0.05, 0) is 113 Å². The third-order valence-corrected chi connectivity index (χ3v) is 10.2. The van der Waals surface area contributed by atoms with E-state index in [2.05, 4.69) is 21.6 Å². The van der Waals surface area contributed by atoms with Gasteiger partial charge in [-0.1, -0.05) is 6.07 Å². The highest BCUT2D eigenvalue weighted by molar-refractivity contribution is 7.98. The third kappa shape index (κ3) is 9.47. The molecule has 2 fully saturated rings. The molecular weight excluding hydrogens is 618 g/mol. The summed E-state index contributed by atoms with van der Waals surface area (Å²) in [6.45, 7) is 10.5. The maximum atomic E-state index is 13.6. The van der Waals surface area contributed by atoms with Gasteiger partial charge in [0.15, 0.2) is 0 Å². The van der Waals surface area contributed by atoms with Crippen molar-refractivity contribution in [1.29, 1.82) is 0 Å². The first-order chi connectivity index (χ1) is 22.3. The van der Waals surface area contributed by atoms with Gasteiger partial charge in [0.25, 0.3) is 5.91 Å². The van der Waals surface area contributed by atoms with E-state index in [1.807, 2.05) is 23.1 Å². The molecule has 2 aromatic rings. The normalized spacial score (nSPS) is 19.8. The molecule has 0 aromatic heterocycles. The number of piperidine rings is 2. The van der Waals surface area contributed by atoms with Crippen LogP contribution in [0.25, 0.3) is 0 Å². The first-order valence-electron chi connectivity index (χ1n) is 16.7. The van der Waals surface area contributed by atoms with Crippen molar-refractivity contribution in [2.75, 3.05) is 42.9 Å². The van der Waals surface area contributed by atoms with Gasteiger partial charge in [-0.3, -0.25) is 9.59 Å². The fraction of sp³-hybridized carbons (Fsp3) is 0.571. The molecule has 3 amide bonds. The first kappa shape index (κ1) is 34.7. The molecule has 0 unspecified atom stereocenters. The number of nitrogens with one attached hydrogen (secondary N) is 2. The molecule has 4 N–H and O–H groups in total. The second-order valence-corrected chi connectivity index (χ2v) is 15.1. The van der Waals surface area contributed by atoms with Crippen molar-refractivity contribution in [3.63, 3.8) is 0 Å². The Bertz CT molecular complexity index is 1430. The van der Waals surface area contributed by atoms with Crippen molar-refractivity contribution < 1.29 is 29.3 Å². The minimum absolute atomic E-state index is 0.00765. The number of phenolic OH excluding ortho intramolecular Hbond substituents is 1. The summed E-state index contributed by atoms with van der Waals surface area (Å²) in [5.74, 6) is -0.0865. The lowest BCUT2D eigenvalue weighted by atomic mass is 10.00. The predicted molar refractivity (Wildman–Crippen MR) is 185 cm³/mol. The van der Waals surface area contributed by atoms with E-state index in [-0.39, 0.29) is 36.7 Å². The van der Waals surface area contributed by atoms with E-state index in [1.165, 1.54) is 22.7 Å². The summed E-state index contributed by atoms with van der Waals surface area (Å²) in [6.07, 6.45) is 4.03. The van der Waals surface area contributed by atoms with Crippen molar-refractivity contribution in [2.24, 2.45) is 0 Å². The van der Waals surface area contributed by atoms with Crippen molar-refractivity contribution in [3.8, 4) is 5.75 Å². The lowest BCUT2D eigenvalue weighted by Gasteiger charge is -2.33. The molecule has 3 aliphatic rings. The number of aliphatic hydroxyl groups is 1. The zero-order chi connectivity index (χ0) is 33.7. The van der Waals surface area contributed by atoms with E-state index < -0.39 is 23.0 Å². The van der Waals surface area contributed by atoms with E-state index in [0.717, 1.165) is 61.3 Å². The van der Waals surface area contributed by atoms with Crippen LogP contribution in [0.2, 0.25) is 0 Å². The molecule has 0 saturated carbocycles. The van der Waals surface area contributed by atoms with Gasteiger partial charge < -0.3 is 35.4 Å². The van der Waals surface area contributed by atoms with Crippen LogP contribution in [0, 0.1) is 0 Å². The predicted octanol–water partition coefficient (Wildman–Crippen LogP) is 4.91. The number of aromatic hydroxyl groups is 1. The maximum absolute atomic E-state index is 13.6. The second kappa shape index (κ2) is 15.1. The molecule has 3 aliphatic heterocycles. The van der Waals surface area contributed by atoms with E-state index in [9.17, 15) is 24.6 Å². The van der Waals surface area contributed by atoms with Crippen LogP contribution in [0.5, 0.6) is 5.75 Å². The smallest absolute Gasteiger partial charge is 0.420 e. The second-order valence-electron chi connectivity index (χ2n) is 13.8. The SMILES string of the molecule is CC(=O)N1CCC(Nc2cc(C(=O)NC[C@@H](O)[C@@H]3Cc4ccc(O)cc4CN(C(=O)OC(C)(C)C)S3)cc(N3CCCCC3)c2)CC1. The number of likely N-dealkylation sites (tertiary alicyclic amines) is 1. The van der Waals surface area contributed by atoms with Gasteiger partial charge in [0.1, 0.15) is 11.4 Å². The number of anilines is 2. The van der Waals surface area contributed by atoms with Crippen LogP contribution in [0.1, 0.15) is 81.3 Å². The molecule has 0 aliphatic carbocycles. The zero-order valence-corrected chi connectivity index (χ0v) is 28.8. The number of ether oxygens (including phenoxy) is 1. The van der Waals surface area contributed by atoms with Crippen LogP contribution in [-0.2, 0) is 22.5 Å². The molecule has 3 heterocycles. The highest BCUT2D eigenvalue weighted by atomic mass is 32.2. The lowest BCUT2D eigenvalue weighted by molar-refractivity contribution is -0.129. The Labute approximate surface area is 282 Å². The number of nitrogens with zero attached hydrogens (tertiary/aromatic N) is 3. The highest BCUT2D eigenvalue weighted by Crippen LogP contribution is 2.34. The van der Waals surface area contributed by atoms with Gasteiger partial charge in [-0.2, -0.15) is 0 Å². The Morgan fingerprint density at radius 3 is 2.40 bits per heavy atom. The van der Waals surface area contributed by atoms with Crippen molar-refractivity contribution in [1.82, 2.24) is 14.5 Å². The monoisotopic (exact) mass is 667 g/mol. The summed E-state index contributed by atoms with van der Waals surface area (Å²) in [5.41, 5.74) is 3.37. The number of fused-ring (bicyclic) bond motifs is 1. The number of amides is 3. The number of hydrogen-bond donors (Lipinski definition) is 4. The third-order valence-electron chi connectivity index (χ3n) is 8.90. The lowest BCUT2D eigenvalue weighted by Crippen LogP contribution is -2.41. The summed E-state index contributed by atoms with van der Waals surface area (Å²) in [7, 11) is 0. The van der Waals surface area contributed by atoms with E-state index in [0.29, 0.717) is 25.1 Å². The van der Waals surface area contributed by atoms with Gasteiger partial charge >= 0.3 is 6.09 Å². The Balaban J connectivity index is 1.29. The molecule has 5 rings (SSSR count). The molecule has 12 heteroatoms. The summed E-state index contributed by atoms with van der Waals surface area (Å²) in [4.78, 5) is 42.7. The number of aliphatic hydroxyl groups excluding tert-OH is 1. The summed E-state index contributed by atoms with van der Waals surface area (Å²) >= 11 is 1.20. The molecule has 11 nitrogen and oxygen atoms in total. The number of benzene rings is 2. The van der Waals surface area contributed by atoms with Crippen LogP contribution in [-0.4, -0.2) is 93.0 Å². The molecule has 2 aromatic carbocycles. The van der Waals surface area contributed by atoms with Crippen molar-refractivity contribution in [2.45, 2.75) is 95.8 Å². The standard InChI is InChI=1S/C35H49N5O6S/c1-23(41)38-14-10-27(11-15-38)37-28-16-25(17-29(20-28)39-12-6-5-7-13-39)33(44)36-21-31(43)32-19-24-8-9-30(42)18-26(24)22-40(47-32)34(45)46-35(2,3)4/h8-9,16-18,20,27,31-32,37,42-43H,5-7,10-15,19,21-22H2,1-4H3,(H,36,44)/t31-,32+/m1/s1. The van der Waals surface area contributed by atoms with E-state index in [1.54, 1.807) is 39.8 Å². The van der Waals surface area contributed by atoms with Gasteiger partial charge in [0, 0.05) is 62.6 Å². The summed E-state index contributed by atoms with van der Waals surface area (Å²) < 4.78 is 7.11. The fourth-order valence-corrected chi connectivity index (χ4v) is 7.51. The van der Waals surface area contributed by atoms with Crippen molar-refractivity contribution >= 4 is 41.2 Å². The number of carbonyl (C=O) groups is 3. The maximum Gasteiger partial charge on any atom is 0.420 e. The first-order valence-corrected chi connectivity index (χ1v) is 17.5. The highest BCUT2D eigenvalue weighted by Gasteiger charge is 2.33. The van der Waals surface area contributed by atoms with Gasteiger partial charge in [0.2, 0.25) is 5.91 Å². The van der Waals surface area contributed by atoms with Gasteiger partial charge in [-0.25, -0.2) is 9.10 Å². The average Bonchev–Trinajstić information content (AvgIpc) is 3.23. The quantitative estimate of drug-likeness (QED) is 0.304. The largest absolute Gasteiger partial charge is 0.508 e.